The van der Waals surface area contributed by atoms with Crippen molar-refractivity contribution in [3.05, 3.63) is 0 Å². The molecule has 278 valence electrons. The summed E-state index contributed by atoms with van der Waals surface area (Å²) in [5, 5.41) is 32.3. The zero-order chi connectivity index (χ0) is 35.4. The van der Waals surface area contributed by atoms with Crippen LogP contribution in [-0.4, -0.2) is 108 Å². The number of carbonyl (C=O) groups excluding carboxylic acids is 1. The molecule has 3 N–H and O–H groups in total. The van der Waals surface area contributed by atoms with Crippen LogP contribution in [0.5, 0.6) is 0 Å². The molecule has 0 aromatic rings. The Balaban J connectivity index is 1.28. The van der Waals surface area contributed by atoms with E-state index in [4.69, 9.17) is 33.2 Å². The highest BCUT2D eigenvalue weighted by Gasteiger charge is 2.62. The Morgan fingerprint density at radius 2 is 1.71 bits per heavy atom. The van der Waals surface area contributed by atoms with Crippen LogP contribution in [0.4, 0.5) is 0 Å². The van der Waals surface area contributed by atoms with Gasteiger partial charge >= 0.3 is 5.97 Å². The molecule has 5 heterocycles. The van der Waals surface area contributed by atoms with Gasteiger partial charge in [0.2, 0.25) is 0 Å². The molecule has 5 fully saturated rings. The molecule has 5 aliphatic heterocycles. The Labute approximate surface area is 287 Å². The highest BCUT2D eigenvalue weighted by molar-refractivity contribution is 5.72. The van der Waals surface area contributed by atoms with E-state index in [1.165, 1.54) is 7.11 Å². The van der Waals surface area contributed by atoms with Gasteiger partial charge in [-0.3, -0.25) is 4.79 Å². The normalized spacial score (nSPS) is 50.0. The number of carbonyl (C=O) groups is 1. The van der Waals surface area contributed by atoms with Crippen molar-refractivity contribution in [3.8, 4) is 0 Å². The number of aliphatic hydroxyl groups excluding tert-OH is 2. The molecule has 0 radical (unpaired) electrons. The largest absolute Gasteiger partial charge is 0.469 e. The molecule has 17 atom stereocenters. The summed E-state index contributed by atoms with van der Waals surface area (Å²) in [7, 11) is 2.97. The standard InChI is InChI=1S/C37H64O11/c1-11-35(32-21(3)17-27(44-32)29-20(2)16-22(4)37(41,19-38)47-29)13-12-28(45-35)34(8)14-15-36(48-34)18-26(39)23(5)31(46-36)24(6)30(42-9)25(7)33(40)43-10/h20-32,38-39,41H,11-19H2,1-10H3/t20-,21-,22+,23+,24-,25?,26-,27+,28+,29-,30+,31-,32+,34-,35-,36+,37-/m0/s1. The van der Waals surface area contributed by atoms with E-state index in [1.807, 2.05) is 20.8 Å². The lowest BCUT2D eigenvalue weighted by Gasteiger charge is -2.49. The number of ether oxygens (including phenoxy) is 7. The Kier molecular flexibility index (Phi) is 11.4. The second-order valence-electron chi connectivity index (χ2n) is 16.5. The first-order valence-corrected chi connectivity index (χ1v) is 18.5. The number of hydrogen-bond acceptors (Lipinski definition) is 11. The van der Waals surface area contributed by atoms with Crippen molar-refractivity contribution in [1.82, 2.24) is 0 Å². The number of methoxy groups -OCH3 is 2. The lowest BCUT2D eigenvalue weighted by Crippen LogP contribution is -2.57. The second kappa shape index (κ2) is 14.3. The van der Waals surface area contributed by atoms with E-state index in [0.29, 0.717) is 12.8 Å². The monoisotopic (exact) mass is 684 g/mol. The minimum Gasteiger partial charge on any atom is -0.469 e. The average molecular weight is 685 g/mol. The highest BCUT2D eigenvalue weighted by Crippen LogP contribution is 2.55. The first-order chi connectivity index (χ1) is 22.5. The molecule has 0 saturated carbocycles. The van der Waals surface area contributed by atoms with Crippen LogP contribution in [0, 0.1) is 35.5 Å². The van der Waals surface area contributed by atoms with E-state index >= 15 is 0 Å². The van der Waals surface area contributed by atoms with Crippen molar-refractivity contribution in [2.45, 2.75) is 172 Å². The molecule has 0 bridgehead atoms. The van der Waals surface area contributed by atoms with Crippen LogP contribution in [0.2, 0.25) is 0 Å². The predicted octanol–water partition coefficient (Wildman–Crippen LogP) is 4.36. The fourth-order valence-electron chi connectivity index (χ4n) is 10.1. The van der Waals surface area contributed by atoms with E-state index in [2.05, 4.69) is 27.7 Å². The predicted molar refractivity (Wildman–Crippen MR) is 177 cm³/mol. The minimum absolute atomic E-state index is 0.143. The maximum atomic E-state index is 12.4. The van der Waals surface area contributed by atoms with Crippen molar-refractivity contribution < 1.29 is 53.3 Å². The van der Waals surface area contributed by atoms with Crippen molar-refractivity contribution in [1.29, 1.82) is 0 Å². The summed E-state index contributed by atoms with van der Waals surface area (Å²) in [6, 6.07) is 0. The van der Waals surface area contributed by atoms with Crippen molar-refractivity contribution >= 4 is 5.97 Å². The van der Waals surface area contributed by atoms with Gasteiger partial charge in [-0.05, 0) is 64.2 Å². The molecular weight excluding hydrogens is 620 g/mol. The summed E-state index contributed by atoms with van der Waals surface area (Å²) in [5.74, 6) is -3.52. The molecule has 11 nitrogen and oxygen atoms in total. The molecule has 0 aliphatic carbocycles. The molecule has 0 aromatic heterocycles. The van der Waals surface area contributed by atoms with Gasteiger partial charge in [-0.15, -0.1) is 0 Å². The van der Waals surface area contributed by atoms with Crippen LogP contribution in [0.15, 0.2) is 0 Å². The third kappa shape index (κ3) is 6.74. The first kappa shape index (κ1) is 38.3. The maximum Gasteiger partial charge on any atom is 0.311 e. The smallest absolute Gasteiger partial charge is 0.311 e. The van der Waals surface area contributed by atoms with Gasteiger partial charge in [-0.1, -0.05) is 41.5 Å². The summed E-state index contributed by atoms with van der Waals surface area (Å²) < 4.78 is 44.7. The average Bonchev–Trinajstić information content (AvgIpc) is 3.77. The van der Waals surface area contributed by atoms with Crippen molar-refractivity contribution in [2.24, 2.45) is 35.5 Å². The van der Waals surface area contributed by atoms with E-state index in [-0.39, 0.29) is 60.0 Å². The number of esters is 1. The number of hydrogen-bond donors (Lipinski definition) is 3. The third-order valence-corrected chi connectivity index (χ3v) is 13.2. The molecule has 5 saturated heterocycles. The fraction of sp³-hybridized carbons (Fsp3) is 0.973. The lowest BCUT2D eigenvalue weighted by molar-refractivity contribution is -0.336. The Morgan fingerprint density at radius 3 is 2.33 bits per heavy atom. The zero-order valence-corrected chi connectivity index (χ0v) is 31.0. The second-order valence-corrected chi connectivity index (χ2v) is 16.5. The van der Waals surface area contributed by atoms with Gasteiger partial charge in [-0.2, -0.15) is 0 Å². The van der Waals surface area contributed by atoms with E-state index in [9.17, 15) is 20.1 Å². The molecule has 5 rings (SSSR count). The summed E-state index contributed by atoms with van der Waals surface area (Å²) in [5.41, 5.74) is -1.12. The van der Waals surface area contributed by atoms with Gasteiger partial charge in [0.25, 0.3) is 0 Å². The van der Waals surface area contributed by atoms with Crippen molar-refractivity contribution in [2.75, 3.05) is 20.8 Å². The van der Waals surface area contributed by atoms with Crippen LogP contribution in [0.3, 0.4) is 0 Å². The van der Waals surface area contributed by atoms with Crippen LogP contribution in [0.25, 0.3) is 0 Å². The summed E-state index contributed by atoms with van der Waals surface area (Å²) in [6.07, 6.45) is 3.37. The topological polar surface area (TPSA) is 142 Å². The molecule has 48 heavy (non-hydrogen) atoms. The Morgan fingerprint density at radius 1 is 1.00 bits per heavy atom. The van der Waals surface area contributed by atoms with E-state index in [0.717, 1.165) is 38.5 Å². The van der Waals surface area contributed by atoms with Crippen LogP contribution in [-0.2, 0) is 38.0 Å². The zero-order valence-electron chi connectivity index (χ0n) is 31.0. The van der Waals surface area contributed by atoms with Crippen molar-refractivity contribution in [3.63, 3.8) is 0 Å². The molecule has 11 heteroatoms. The Bertz CT molecular complexity index is 1120. The lowest BCUT2D eigenvalue weighted by atomic mass is 9.78. The van der Waals surface area contributed by atoms with Gasteiger partial charge in [0.1, 0.15) is 0 Å². The SMILES string of the molecule is CC[C@@]1([C@@H]2O[C@@H]([C@H]3O[C@@](O)(CO)[C@H](C)C[C@@H]3C)C[C@@H]2C)CC[C@H]([C@]2(C)CC[C@]3(C[C@H](O)[C@@H](C)[C@@H]([C@@H](C)[C@@H](OC)C(C)C(=O)OC)O3)O2)O1. The molecular formula is C37H64O11. The minimum atomic E-state index is -1.56. The number of aliphatic hydroxyl groups is 3. The molecule has 1 spiro atoms. The maximum absolute atomic E-state index is 12.4. The molecule has 0 amide bonds. The van der Waals surface area contributed by atoms with Gasteiger partial charge in [0, 0.05) is 37.7 Å². The first-order valence-electron chi connectivity index (χ1n) is 18.5. The fourth-order valence-corrected chi connectivity index (χ4v) is 10.1. The van der Waals surface area contributed by atoms with Crippen LogP contribution in [0.1, 0.15) is 107 Å². The van der Waals surface area contributed by atoms with Gasteiger partial charge in [-0.25, -0.2) is 0 Å². The van der Waals surface area contributed by atoms with E-state index < -0.39 is 53.6 Å². The Hall–Kier alpha value is -0.890. The molecule has 1 unspecified atom stereocenters. The molecule has 5 aliphatic rings. The van der Waals surface area contributed by atoms with Crippen LogP contribution >= 0.6 is 0 Å². The summed E-state index contributed by atoms with van der Waals surface area (Å²) in [6.45, 7) is 15.9. The number of rotatable bonds is 10. The summed E-state index contributed by atoms with van der Waals surface area (Å²) >= 11 is 0. The van der Waals surface area contributed by atoms with Gasteiger partial charge in [0.05, 0.1) is 73.6 Å². The third-order valence-electron chi connectivity index (χ3n) is 13.2. The van der Waals surface area contributed by atoms with E-state index in [1.54, 1.807) is 14.0 Å². The van der Waals surface area contributed by atoms with Gasteiger partial charge < -0.3 is 48.5 Å². The van der Waals surface area contributed by atoms with Crippen LogP contribution < -0.4 is 0 Å². The summed E-state index contributed by atoms with van der Waals surface area (Å²) in [4.78, 5) is 12.4. The van der Waals surface area contributed by atoms with Gasteiger partial charge in [0.15, 0.2) is 11.6 Å². The highest BCUT2D eigenvalue weighted by atomic mass is 16.7. The molecule has 0 aromatic carbocycles. The quantitative estimate of drug-likeness (QED) is 0.283.